The first kappa shape index (κ1) is 20.2. The van der Waals surface area contributed by atoms with E-state index in [1.165, 1.54) is 9.13 Å². The Morgan fingerprint density at radius 3 is 1.58 bits per heavy atom. The molecular weight excluding hydrogens is 408 g/mol. The maximum absolute atomic E-state index is 12.0. The first-order valence-corrected chi connectivity index (χ1v) is 9.51. The molecule has 0 bridgehead atoms. The van der Waals surface area contributed by atoms with Gasteiger partial charge in [-0.3, -0.25) is 18.7 Å². The molecule has 0 aliphatic carbocycles. The number of carbonyl (C=O) groups is 2. The zero-order valence-electron chi connectivity index (χ0n) is 16.3. The standard InChI is InChI=1S/C21H18N2O8/c24-18(12-22-14-6-1-3-8-16(14)30-20(22)26)28-10-5-11-29-19(25)13-23-15-7-2-4-9-17(15)31-21(23)27/h1-4,6-9H,5,10-13H2. The molecule has 2 aromatic heterocycles. The number of fused-ring (bicyclic) bond motifs is 2. The second-order valence-corrected chi connectivity index (χ2v) is 6.64. The number of benzene rings is 2. The molecule has 2 heterocycles. The molecule has 160 valence electrons. The molecule has 0 unspecified atom stereocenters. The Hall–Kier alpha value is -4.08. The molecule has 0 radical (unpaired) electrons. The number of rotatable bonds is 8. The van der Waals surface area contributed by atoms with E-state index in [-0.39, 0.29) is 32.7 Å². The van der Waals surface area contributed by atoms with Gasteiger partial charge in [-0.2, -0.15) is 0 Å². The van der Waals surface area contributed by atoms with Gasteiger partial charge in [-0.05, 0) is 24.3 Å². The summed E-state index contributed by atoms with van der Waals surface area (Å²) in [4.78, 5) is 47.7. The molecule has 0 fully saturated rings. The largest absolute Gasteiger partial charge is 0.464 e. The zero-order valence-corrected chi connectivity index (χ0v) is 16.3. The average Bonchev–Trinajstić information content (AvgIpc) is 3.24. The van der Waals surface area contributed by atoms with E-state index in [1.807, 2.05) is 0 Å². The normalized spacial score (nSPS) is 11.1. The molecule has 10 nitrogen and oxygen atoms in total. The molecule has 0 amide bonds. The third-order valence-electron chi connectivity index (χ3n) is 4.54. The van der Waals surface area contributed by atoms with Crippen molar-refractivity contribution in [1.82, 2.24) is 9.13 Å². The quantitative estimate of drug-likeness (QED) is 0.308. The predicted molar refractivity (Wildman–Crippen MR) is 107 cm³/mol. The number of oxazole rings is 2. The minimum Gasteiger partial charge on any atom is -0.464 e. The summed E-state index contributed by atoms with van der Waals surface area (Å²) in [5.74, 6) is -2.52. The van der Waals surface area contributed by atoms with Crippen LogP contribution in [0.1, 0.15) is 6.42 Å². The summed E-state index contributed by atoms with van der Waals surface area (Å²) in [5.41, 5.74) is 1.77. The minimum atomic E-state index is -0.644. The molecule has 0 aliphatic heterocycles. The zero-order chi connectivity index (χ0) is 21.8. The lowest BCUT2D eigenvalue weighted by Crippen LogP contribution is -2.23. The Bertz CT molecular complexity index is 1250. The highest BCUT2D eigenvalue weighted by Gasteiger charge is 2.14. The number of ether oxygens (including phenoxy) is 2. The van der Waals surface area contributed by atoms with Crippen molar-refractivity contribution < 1.29 is 27.9 Å². The number of hydrogen-bond acceptors (Lipinski definition) is 8. The lowest BCUT2D eigenvalue weighted by Gasteiger charge is -2.07. The van der Waals surface area contributed by atoms with Crippen molar-refractivity contribution in [2.45, 2.75) is 19.5 Å². The van der Waals surface area contributed by atoms with Crippen molar-refractivity contribution in [3.05, 3.63) is 69.6 Å². The van der Waals surface area contributed by atoms with Gasteiger partial charge in [0.2, 0.25) is 0 Å². The fourth-order valence-electron chi connectivity index (χ4n) is 3.11. The molecule has 0 spiro atoms. The number of carbonyl (C=O) groups excluding carboxylic acids is 2. The van der Waals surface area contributed by atoms with Gasteiger partial charge in [0.15, 0.2) is 11.2 Å². The lowest BCUT2D eigenvalue weighted by atomic mass is 10.3. The van der Waals surface area contributed by atoms with E-state index >= 15 is 0 Å². The van der Waals surface area contributed by atoms with Gasteiger partial charge in [0.25, 0.3) is 0 Å². The van der Waals surface area contributed by atoms with Gasteiger partial charge in [0.1, 0.15) is 13.1 Å². The van der Waals surface area contributed by atoms with Gasteiger partial charge < -0.3 is 18.3 Å². The molecule has 0 N–H and O–H groups in total. The molecule has 10 heteroatoms. The van der Waals surface area contributed by atoms with Crippen molar-refractivity contribution in [1.29, 1.82) is 0 Å². The van der Waals surface area contributed by atoms with Crippen molar-refractivity contribution in [2.24, 2.45) is 0 Å². The van der Waals surface area contributed by atoms with Crippen molar-refractivity contribution >= 4 is 34.1 Å². The summed E-state index contributed by atoms with van der Waals surface area (Å²) in [6.07, 6.45) is 0.263. The van der Waals surface area contributed by atoms with Gasteiger partial charge in [0, 0.05) is 6.42 Å². The van der Waals surface area contributed by atoms with Gasteiger partial charge in [0.05, 0.1) is 24.2 Å². The predicted octanol–water partition coefficient (Wildman–Crippen LogP) is 1.68. The molecule has 31 heavy (non-hydrogen) atoms. The molecule has 0 atom stereocenters. The molecule has 0 saturated carbocycles. The van der Waals surface area contributed by atoms with E-state index < -0.39 is 23.5 Å². The van der Waals surface area contributed by atoms with Crippen LogP contribution in [0.2, 0.25) is 0 Å². The van der Waals surface area contributed by atoms with E-state index in [4.69, 9.17) is 18.3 Å². The van der Waals surface area contributed by atoms with Crippen LogP contribution in [0.15, 0.2) is 67.0 Å². The molecule has 0 aliphatic rings. The van der Waals surface area contributed by atoms with Crippen LogP contribution in [0.4, 0.5) is 0 Å². The first-order chi connectivity index (χ1) is 15.0. The van der Waals surface area contributed by atoms with E-state index in [1.54, 1.807) is 48.5 Å². The van der Waals surface area contributed by atoms with Crippen molar-refractivity contribution in [3.63, 3.8) is 0 Å². The van der Waals surface area contributed by atoms with Crippen LogP contribution in [0.25, 0.3) is 22.2 Å². The van der Waals surface area contributed by atoms with Crippen LogP contribution in [0.3, 0.4) is 0 Å². The molecule has 0 saturated heterocycles. The second-order valence-electron chi connectivity index (χ2n) is 6.64. The van der Waals surface area contributed by atoms with E-state index in [9.17, 15) is 19.2 Å². The fourth-order valence-corrected chi connectivity index (χ4v) is 3.11. The average molecular weight is 426 g/mol. The van der Waals surface area contributed by atoms with Crippen LogP contribution in [0, 0.1) is 0 Å². The fraction of sp³-hybridized carbons (Fsp3) is 0.238. The number of nitrogens with zero attached hydrogens (tertiary/aromatic N) is 2. The maximum Gasteiger partial charge on any atom is 0.420 e. The minimum absolute atomic E-state index is 0.00520. The van der Waals surface area contributed by atoms with E-state index in [2.05, 4.69) is 0 Å². The monoisotopic (exact) mass is 426 g/mol. The van der Waals surface area contributed by atoms with Gasteiger partial charge in [-0.15, -0.1) is 0 Å². The van der Waals surface area contributed by atoms with E-state index in [0.29, 0.717) is 22.2 Å². The lowest BCUT2D eigenvalue weighted by molar-refractivity contribution is -0.146. The van der Waals surface area contributed by atoms with Gasteiger partial charge >= 0.3 is 23.5 Å². The van der Waals surface area contributed by atoms with Crippen LogP contribution in [0.5, 0.6) is 0 Å². The van der Waals surface area contributed by atoms with Crippen LogP contribution in [-0.2, 0) is 32.2 Å². The molecule has 2 aromatic carbocycles. The summed E-state index contributed by atoms with van der Waals surface area (Å²) in [7, 11) is 0. The smallest absolute Gasteiger partial charge is 0.420 e. The Kier molecular flexibility index (Phi) is 5.69. The van der Waals surface area contributed by atoms with Crippen molar-refractivity contribution in [2.75, 3.05) is 13.2 Å². The highest BCUT2D eigenvalue weighted by atomic mass is 16.5. The second kappa shape index (κ2) is 8.74. The van der Waals surface area contributed by atoms with Gasteiger partial charge in [-0.1, -0.05) is 24.3 Å². The maximum atomic E-state index is 12.0. The summed E-state index contributed by atoms with van der Waals surface area (Å²) in [6, 6.07) is 13.5. The SMILES string of the molecule is O=C(Cn1c(=O)oc2ccccc21)OCCCOC(=O)Cn1c(=O)oc2ccccc21. The van der Waals surface area contributed by atoms with E-state index in [0.717, 1.165) is 0 Å². The van der Waals surface area contributed by atoms with Gasteiger partial charge in [-0.25, -0.2) is 9.59 Å². The summed E-state index contributed by atoms with van der Waals surface area (Å²) in [6.45, 7) is -0.561. The summed E-state index contributed by atoms with van der Waals surface area (Å²) < 4.78 is 22.7. The summed E-state index contributed by atoms with van der Waals surface area (Å²) >= 11 is 0. The Balaban J connectivity index is 1.22. The van der Waals surface area contributed by atoms with Crippen LogP contribution in [-0.4, -0.2) is 34.3 Å². The van der Waals surface area contributed by atoms with Crippen LogP contribution >= 0.6 is 0 Å². The molecule has 4 rings (SSSR count). The molecular formula is C21H18N2O8. The number of para-hydroxylation sites is 4. The highest BCUT2D eigenvalue weighted by Crippen LogP contribution is 2.12. The topological polar surface area (TPSA) is 123 Å². The number of hydrogen-bond donors (Lipinski definition) is 0. The Morgan fingerprint density at radius 2 is 1.13 bits per heavy atom. The third kappa shape index (κ3) is 4.42. The third-order valence-corrected chi connectivity index (χ3v) is 4.54. The number of esters is 2. The number of aromatic nitrogens is 2. The molecule has 4 aromatic rings. The van der Waals surface area contributed by atoms with Crippen LogP contribution < -0.4 is 11.5 Å². The first-order valence-electron chi connectivity index (χ1n) is 9.51. The Morgan fingerprint density at radius 1 is 0.710 bits per heavy atom. The van der Waals surface area contributed by atoms with Crippen molar-refractivity contribution in [3.8, 4) is 0 Å². The Labute approximate surface area is 174 Å². The highest BCUT2D eigenvalue weighted by molar-refractivity contribution is 5.77. The summed E-state index contributed by atoms with van der Waals surface area (Å²) in [5, 5.41) is 0.